The van der Waals surface area contributed by atoms with E-state index in [2.05, 4.69) is 24.5 Å². The van der Waals surface area contributed by atoms with Gasteiger partial charge in [-0.3, -0.25) is 9.59 Å². The topological polar surface area (TPSA) is 158 Å². The highest BCUT2D eigenvalue weighted by Gasteiger charge is 2.48. The van der Waals surface area contributed by atoms with Crippen LogP contribution in [0.2, 0.25) is 0 Å². The molecule has 0 bridgehead atoms. The molecule has 1 fully saturated rings. The molecule has 11 heteroatoms. The third-order valence-corrected chi connectivity index (χ3v) is 12.6. The Balaban J connectivity index is 2.05. The number of nitrogens with zero attached hydrogens (tertiary/aromatic N) is 1. The molecular weight excluding hydrogens is 795 g/mol. The molecule has 3 amide bonds. The molecule has 0 spiro atoms. The zero-order valence-electron chi connectivity index (χ0n) is 40.4. The summed E-state index contributed by atoms with van der Waals surface area (Å²) in [7, 11) is 0. The molecule has 2 rings (SSSR count). The molecule has 6 atom stereocenters. The number of carbonyl (C=O) groups excluding carboxylic acids is 3. The number of aliphatic hydroxyl groups is 3. The monoisotopic (exact) mass is 888 g/mol. The summed E-state index contributed by atoms with van der Waals surface area (Å²) in [5.74, 6) is -0.716. The van der Waals surface area contributed by atoms with E-state index in [0.29, 0.717) is 19.4 Å². The van der Waals surface area contributed by atoms with E-state index in [4.69, 9.17) is 9.47 Å². The lowest BCUT2D eigenvalue weighted by molar-refractivity contribution is -0.231. The molecule has 1 aliphatic rings. The van der Waals surface area contributed by atoms with Crippen molar-refractivity contribution in [3.8, 4) is 0 Å². The molecule has 63 heavy (non-hydrogen) atoms. The lowest BCUT2D eigenvalue weighted by Gasteiger charge is -2.47. The van der Waals surface area contributed by atoms with Gasteiger partial charge in [-0.2, -0.15) is 0 Å². The quantitative estimate of drug-likeness (QED) is 0.0411. The van der Waals surface area contributed by atoms with E-state index in [0.717, 1.165) is 50.5 Å². The molecule has 5 N–H and O–H groups in total. The summed E-state index contributed by atoms with van der Waals surface area (Å²) in [4.78, 5) is 42.7. The Morgan fingerprint density at radius 3 is 1.59 bits per heavy atom. The predicted octanol–water partition coefficient (Wildman–Crippen LogP) is 11.0. The molecule has 11 nitrogen and oxygen atoms in total. The number of aliphatic hydroxyl groups excluding tert-OH is 3. The molecule has 1 aromatic rings. The van der Waals surface area contributed by atoms with Crippen molar-refractivity contribution in [2.45, 2.75) is 257 Å². The first-order chi connectivity index (χ1) is 30.6. The summed E-state index contributed by atoms with van der Waals surface area (Å²) in [6.45, 7) is 8.18. The van der Waals surface area contributed by atoms with Crippen LogP contribution in [0.4, 0.5) is 4.79 Å². The Morgan fingerprint density at radius 2 is 1.13 bits per heavy atom. The van der Waals surface area contributed by atoms with E-state index in [-0.39, 0.29) is 24.9 Å². The van der Waals surface area contributed by atoms with Crippen molar-refractivity contribution in [1.82, 2.24) is 15.5 Å². The van der Waals surface area contributed by atoms with Crippen LogP contribution >= 0.6 is 0 Å². The first kappa shape index (κ1) is 56.4. The van der Waals surface area contributed by atoms with Gasteiger partial charge in [0.05, 0.1) is 6.61 Å². The predicted molar refractivity (Wildman–Crippen MR) is 255 cm³/mol. The van der Waals surface area contributed by atoms with Crippen LogP contribution in [0.25, 0.3) is 0 Å². The van der Waals surface area contributed by atoms with Gasteiger partial charge in [0.2, 0.25) is 11.8 Å². The van der Waals surface area contributed by atoms with Gasteiger partial charge in [0.1, 0.15) is 37.0 Å². The standard InChI is InChI=1S/C52H93N3O8/c1-5-7-9-11-13-15-17-18-19-20-21-23-25-27-29-34-38-55(46(57)37-33-28-26-24-22-16-14-12-10-8-6-2)51-47(49(59)48(58)45(40-56)63-51)54-50(60)44(39-42(3)4)53-52(61)62-41-43-35-31-30-32-36-43/h30-32,35-36,42,44-45,47-49,51,56,58-59H,5-29,33-34,37-41H2,1-4H3,(H,53,61)(H,54,60)/t44-,45+,47+,48-,49+,51+/m0/s1. The summed E-state index contributed by atoms with van der Waals surface area (Å²) < 4.78 is 11.7. The Kier molecular flexibility index (Phi) is 32.7. The van der Waals surface area contributed by atoms with Gasteiger partial charge in [0.25, 0.3) is 0 Å². The number of amides is 3. The third kappa shape index (κ3) is 25.5. The molecule has 0 saturated carbocycles. The first-order valence-corrected chi connectivity index (χ1v) is 25.8. The van der Waals surface area contributed by atoms with Gasteiger partial charge in [0.15, 0.2) is 6.23 Å². The minimum Gasteiger partial charge on any atom is -0.445 e. The van der Waals surface area contributed by atoms with Crippen molar-refractivity contribution in [3.05, 3.63) is 35.9 Å². The average molecular weight is 888 g/mol. The number of unbranched alkanes of at least 4 members (excludes halogenated alkanes) is 25. The van der Waals surface area contributed by atoms with Gasteiger partial charge in [-0.25, -0.2) is 4.79 Å². The van der Waals surface area contributed by atoms with Crippen molar-refractivity contribution in [3.63, 3.8) is 0 Å². The van der Waals surface area contributed by atoms with Crippen molar-refractivity contribution in [2.24, 2.45) is 5.92 Å². The zero-order valence-corrected chi connectivity index (χ0v) is 40.4. The molecule has 0 radical (unpaired) electrons. The van der Waals surface area contributed by atoms with Gasteiger partial charge in [0, 0.05) is 13.0 Å². The van der Waals surface area contributed by atoms with Crippen LogP contribution < -0.4 is 10.6 Å². The molecule has 1 aliphatic heterocycles. The van der Waals surface area contributed by atoms with E-state index in [9.17, 15) is 29.7 Å². The smallest absolute Gasteiger partial charge is 0.408 e. The first-order valence-electron chi connectivity index (χ1n) is 25.8. The van der Waals surface area contributed by atoms with Crippen LogP contribution in [0, 0.1) is 5.92 Å². The number of alkyl carbamates (subject to hydrolysis) is 1. The fraction of sp³-hybridized carbons (Fsp3) is 0.827. The summed E-state index contributed by atoms with van der Waals surface area (Å²) in [5, 5.41) is 38.3. The van der Waals surface area contributed by atoms with Crippen LogP contribution in [-0.2, 0) is 25.7 Å². The number of benzene rings is 1. The number of nitrogens with one attached hydrogen (secondary N) is 2. The molecule has 1 saturated heterocycles. The lowest BCUT2D eigenvalue weighted by atomic mass is 9.94. The maximum Gasteiger partial charge on any atom is 0.408 e. The largest absolute Gasteiger partial charge is 0.445 e. The second-order valence-electron chi connectivity index (χ2n) is 18.8. The number of hydrogen-bond donors (Lipinski definition) is 5. The molecule has 0 unspecified atom stereocenters. The van der Waals surface area contributed by atoms with E-state index in [1.807, 2.05) is 44.2 Å². The summed E-state index contributed by atoms with van der Waals surface area (Å²) in [6, 6.07) is 7.02. The Morgan fingerprint density at radius 1 is 0.667 bits per heavy atom. The molecule has 1 aromatic carbocycles. The van der Waals surface area contributed by atoms with Crippen LogP contribution in [0.5, 0.6) is 0 Å². The Bertz CT molecular complexity index is 1290. The normalized spacial score (nSPS) is 19.2. The van der Waals surface area contributed by atoms with Gasteiger partial charge < -0.3 is 40.3 Å². The molecule has 1 heterocycles. The molecule has 0 aliphatic carbocycles. The van der Waals surface area contributed by atoms with Gasteiger partial charge in [-0.1, -0.05) is 219 Å². The minimum atomic E-state index is -1.54. The lowest BCUT2D eigenvalue weighted by Crippen LogP contribution is -2.70. The average Bonchev–Trinajstić information content (AvgIpc) is 3.27. The molecule has 364 valence electrons. The second-order valence-corrected chi connectivity index (χ2v) is 18.8. The zero-order chi connectivity index (χ0) is 45.9. The SMILES string of the molecule is CCCCCCCCCCCCCCCCCCN(C(=O)CCCCCCCCCCCCC)[C@@H]1O[C@H](CO)[C@H](O)[C@H](O)[C@H]1NC(=O)[C@H](CC(C)C)NC(=O)OCc1ccccc1. The molecular formula is C52H93N3O8. The van der Waals surface area contributed by atoms with Crippen LogP contribution in [0.15, 0.2) is 30.3 Å². The Labute approximate surface area is 383 Å². The Hall–Kier alpha value is -2.73. The highest BCUT2D eigenvalue weighted by atomic mass is 16.6. The maximum atomic E-state index is 14.2. The summed E-state index contributed by atoms with van der Waals surface area (Å²) in [5.41, 5.74) is 0.803. The van der Waals surface area contributed by atoms with Crippen molar-refractivity contribution in [2.75, 3.05) is 13.2 Å². The molecule has 0 aromatic heterocycles. The summed E-state index contributed by atoms with van der Waals surface area (Å²) in [6.07, 6.45) is 27.0. The van der Waals surface area contributed by atoms with Crippen molar-refractivity contribution < 1.29 is 39.2 Å². The fourth-order valence-electron chi connectivity index (χ4n) is 8.70. The van der Waals surface area contributed by atoms with Crippen molar-refractivity contribution in [1.29, 1.82) is 0 Å². The van der Waals surface area contributed by atoms with Crippen LogP contribution in [0.1, 0.15) is 219 Å². The number of rotatable bonds is 38. The van der Waals surface area contributed by atoms with E-state index in [1.54, 1.807) is 4.90 Å². The van der Waals surface area contributed by atoms with E-state index >= 15 is 0 Å². The minimum absolute atomic E-state index is 0.0154. The number of carbonyl (C=O) groups is 3. The van der Waals surface area contributed by atoms with E-state index in [1.165, 1.54) is 122 Å². The maximum absolute atomic E-state index is 14.2. The second kappa shape index (κ2) is 36.5. The summed E-state index contributed by atoms with van der Waals surface area (Å²) >= 11 is 0. The third-order valence-electron chi connectivity index (χ3n) is 12.6. The van der Waals surface area contributed by atoms with Crippen LogP contribution in [-0.4, -0.2) is 87.9 Å². The fourth-order valence-corrected chi connectivity index (χ4v) is 8.70. The highest BCUT2D eigenvalue weighted by molar-refractivity contribution is 5.86. The highest BCUT2D eigenvalue weighted by Crippen LogP contribution is 2.26. The number of ether oxygens (including phenoxy) is 2. The van der Waals surface area contributed by atoms with Gasteiger partial charge in [-0.15, -0.1) is 0 Å². The number of hydrogen-bond acceptors (Lipinski definition) is 8. The van der Waals surface area contributed by atoms with Crippen molar-refractivity contribution >= 4 is 17.9 Å². The van der Waals surface area contributed by atoms with Crippen LogP contribution in [0.3, 0.4) is 0 Å². The van der Waals surface area contributed by atoms with Gasteiger partial charge >= 0.3 is 6.09 Å². The van der Waals surface area contributed by atoms with Gasteiger partial charge in [-0.05, 0) is 30.7 Å². The van der Waals surface area contributed by atoms with E-state index < -0.39 is 55.2 Å².